The summed E-state index contributed by atoms with van der Waals surface area (Å²) in [5.74, 6) is -0.312. The molecule has 0 aliphatic rings. The first-order chi connectivity index (χ1) is 17.6. The van der Waals surface area contributed by atoms with Crippen molar-refractivity contribution in [3.63, 3.8) is 0 Å². The number of hydrogen-bond acceptors (Lipinski definition) is 5. The van der Waals surface area contributed by atoms with Crippen molar-refractivity contribution >= 4 is 56.4 Å². The third kappa shape index (κ3) is 6.53. The number of hydrogen-bond donors (Lipinski definition) is 2. The van der Waals surface area contributed by atoms with Crippen LogP contribution < -0.4 is 14.8 Å². The Bertz CT molecular complexity index is 1550. The number of benzene rings is 3. The largest absolute Gasteiger partial charge is 0.436 e. The Labute approximate surface area is 229 Å². The van der Waals surface area contributed by atoms with Gasteiger partial charge in [0.2, 0.25) is 5.88 Å². The van der Waals surface area contributed by atoms with Gasteiger partial charge in [-0.3, -0.25) is 9.52 Å². The normalized spacial score (nSPS) is 12.0. The SMILES string of the molecule is CC(NC(=O)c1ccccc1Oc1ncc(Cl)cc1NS(=O)(=O)c1ccc(Cl)c(Cl)c1)c1ccccc1. The molecule has 0 saturated carbocycles. The van der Waals surface area contributed by atoms with Gasteiger partial charge < -0.3 is 10.1 Å². The average molecular weight is 577 g/mol. The minimum absolute atomic E-state index is 0.0357. The molecule has 1 atom stereocenters. The van der Waals surface area contributed by atoms with Crippen molar-refractivity contribution in [1.29, 1.82) is 0 Å². The highest BCUT2D eigenvalue weighted by Gasteiger charge is 2.21. The van der Waals surface area contributed by atoms with Crippen LogP contribution in [0.25, 0.3) is 0 Å². The lowest BCUT2D eigenvalue weighted by Gasteiger charge is -2.17. The molecule has 4 rings (SSSR count). The van der Waals surface area contributed by atoms with Crippen LogP contribution in [0.5, 0.6) is 11.6 Å². The standard InChI is InChI=1S/C26H20Cl3N3O4S/c1-16(17-7-3-2-4-8-17)31-25(33)20-9-5-6-10-24(20)36-26-23(13-18(27)15-30-26)32-37(34,35)19-11-12-21(28)22(29)14-19/h2-16,32H,1H3,(H,31,33). The highest BCUT2D eigenvalue weighted by Crippen LogP contribution is 2.34. The topological polar surface area (TPSA) is 97.4 Å². The van der Waals surface area contributed by atoms with Crippen molar-refractivity contribution in [2.24, 2.45) is 0 Å². The lowest BCUT2D eigenvalue weighted by atomic mass is 10.1. The molecule has 0 spiro atoms. The maximum atomic E-state index is 13.1. The molecule has 3 aromatic carbocycles. The van der Waals surface area contributed by atoms with Crippen LogP contribution >= 0.6 is 34.8 Å². The monoisotopic (exact) mass is 575 g/mol. The second kappa shape index (κ2) is 11.4. The Morgan fingerprint density at radius 2 is 1.62 bits per heavy atom. The van der Waals surface area contributed by atoms with Crippen LogP contribution in [0, 0.1) is 0 Å². The fraction of sp³-hybridized carbons (Fsp3) is 0.0769. The lowest BCUT2D eigenvalue weighted by Crippen LogP contribution is -2.27. The zero-order valence-corrected chi connectivity index (χ0v) is 22.4. The minimum atomic E-state index is -4.11. The molecule has 0 aliphatic heterocycles. The molecule has 2 N–H and O–H groups in total. The molecule has 1 unspecified atom stereocenters. The number of carbonyl (C=O) groups is 1. The van der Waals surface area contributed by atoms with Crippen molar-refractivity contribution in [2.75, 3.05) is 4.72 Å². The first-order valence-electron chi connectivity index (χ1n) is 10.9. The predicted octanol–water partition coefficient (Wildman–Crippen LogP) is 7.13. The lowest BCUT2D eigenvalue weighted by molar-refractivity contribution is 0.0937. The zero-order valence-electron chi connectivity index (χ0n) is 19.3. The van der Waals surface area contributed by atoms with E-state index in [0.717, 1.165) is 5.56 Å². The molecule has 7 nitrogen and oxygen atoms in total. The van der Waals surface area contributed by atoms with Gasteiger partial charge in [0.05, 0.1) is 31.6 Å². The van der Waals surface area contributed by atoms with E-state index in [0.29, 0.717) is 0 Å². The van der Waals surface area contributed by atoms with Crippen molar-refractivity contribution in [2.45, 2.75) is 17.9 Å². The van der Waals surface area contributed by atoms with E-state index in [9.17, 15) is 13.2 Å². The van der Waals surface area contributed by atoms with Crippen LogP contribution in [0.2, 0.25) is 15.1 Å². The van der Waals surface area contributed by atoms with Crippen LogP contribution in [-0.2, 0) is 10.0 Å². The Hall–Kier alpha value is -3.30. The zero-order chi connectivity index (χ0) is 26.6. The van der Waals surface area contributed by atoms with Crippen LogP contribution in [0.15, 0.2) is 90.0 Å². The summed E-state index contributed by atoms with van der Waals surface area (Å²) in [7, 11) is -4.11. The molecule has 0 aliphatic carbocycles. The summed E-state index contributed by atoms with van der Waals surface area (Å²) in [6.07, 6.45) is 1.30. The first kappa shape index (κ1) is 26.8. The van der Waals surface area contributed by atoms with Gasteiger partial charge in [0.25, 0.3) is 15.9 Å². The van der Waals surface area contributed by atoms with E-state index in [4.69, 9.17) is 39.5 Å². The number of halogens is 3. The highest BCUT2D eigenvalue weighted by molar-refractivity contribution is 7.92. The second-order valence-electron chi connectivity index (χ2n) is 7.89. The number of pyridine rings is 1. The number of para-hydroxylation sites is 1. The summed E-state index contributed by atoms with van der Waals surface area (Å²) < 4.78 is 34.4. The number of nitrogens with zero attached hydrogens (tertiary/aromatic N) is 1. The van der Waals surface area contributed by atoms with Crippen molar-refractivity contribution < 1.29 is 17.9 Å². The molecule has 0 bridgehead atoms. The molecule has 4 aromatic rings. The van der Waals surface area contributed by atoms with Gasteiger partial charge >= 0.3 is 0 Å². The van der Waals surface area contributed by atoms with Gasteiger partial charge in [-0.05, 0) is 48.9 Å². The van der Waals surface area contributed by atoms with Gasteiger partial charge in [-0.2, -0.15) is 0 Å². The fourth-order valence-corrected chi connectivity index (χ4v) is 4.97. The van der Waals surface area contributed by atoms with Gasteiger partial charge in [0, 0.05) is 6.20 Å². The van der Waals surface area contributed by atoms with Crippen molar-refractivity contribution in [3.8, 4) is 11.6 Å². The second-order valence-corrected chi connectivity index (χ2v) is 10.8. The number of carbonyl (C=O) groups excluding carboxylic acids is 1. The van der Waals surface area contributed by atoms with Gasteiger partial charge in [-0.25, -0.2) is 13.4 Å². The molecule has 190 valence electrons. The summed E-state index contributed by atoms with van der Waals surface area (Å²) in [6, 6.07) is 21.0. The third-order valence-electron chi connectivity index (χ3n) is 5.25. The van der Waals surface area contributed by atoms with Gasteiger partial charge in [-0.1, -0.05) is 77.3 Å². The number of ether oxygens (including phenoxy) is 1. The van der Waals surface area contributed by atoms with E-state index in [1.54, 1.807) is 24.3 Å². The summed E-state index contributed by atoms with van der Waals surface area (Å²) in [6.45, 7) is 1.87. The molecular formula is C26H20Cl3N3O4S. The van der Waals surface area contributed by atoms with Gasteiger partial charge in [0.15, 0.2) is 0 Å². The number of aromatic nitrogens is 1. The van der Waals surface area contributed by atoms with Crippen LogP contribution in [0.4, 0.5) is 5.69 Å². The Balaban J connectivity index is 1.61. The third-order valence-corrected chi connectivity index (χ3v) is 7.56. The number of rotatable bonds is 8. The van der Waals surface area contributed by atoms with Crippen LogP contribution in [0.3, 0.4) is 0 Å². The molecule has 0 fully saturated rings. The highest BCUT2D eigenvalue weighted by atomic mass is 35.5. The van der Waals surface area contributed by atoms with Gasteiger partial charge in [-0.15, -0.1) is 0 Å². The maximum absolute atomic E-state index is 13.1. The molecule has 37 heavy (non-hydrogen) atoms. The molecule has 0 radical (unpaired) electrons. The Morgan fingerprint density at radius 1 is 0.919 bits per heavy atom. The van der Waals surface area contributed by atoms with E-state index in [1.807, 2.05) is 37.3 Å². The Kier molecular flexibility index (Phi) is 8.24. The number of sulfonamides is 1. The summed E-state index contributed by atoms with van der Waals surface area (Å²) >= 11 is 18.0. The van der Waals surface area contributed by atoms with E-state index in [-0.39, 0.29) is 54.8 Å². The van der Waals surface area contributed by atoms with Crippen LogP contribution in [-0.4, -0.2) is 19.3 Å². The number of anilines is 1. The van der Waals surface area contributed by atoms with Gasteiger partial charge in [0.1, 0.15) is 11.4 Å². The summed E-state index contributed by atoms with van der Waals surface area (Å²) in [5, 5.41) is 3.40. The number of amides is 1. The van der Waals surface area contributed by atoms with Crippen LogP contribution in [0.1, 0.15) is 28.9 Å². The minimum Gasteiger partial charge on any atom is -0.436 e. The quantitative estimate of drug-likeness (QED) is 0.233. The molecule has 11 heteroatoms. The van der Waals surface area contributed by atoms with Crippen molar-refractivity contribution in [1.82, 2.24) is 10.3 Å². The molecule has 1 amide bonds. The predicted molar refractivity (Wildman–Crippen MR) is 145 cm³/mol. The molecular weight excluding hydrogens is 557 g/mol. The molecule has 1 aromatic heterocycles. The average Bonchev–Trinajstić information content (AvgIpc) is 2.87. The summed E-state index contributed by atoms with van der Waals surface area (Å²) in [5.41, 5.74) is 1.14. The van der Waals surface area contributed by atoms with E-state index in [2.05, 4.69) is 15.0 Å². The van der Waals surface area contributed by atoms with Crippen molar-refractivity contribution in [3.05, 3.63) is 111 Å². The maximum Gasteiger partial charge on any atom is 0.262 e. The van der Waals surface area contributed by atoms with E-state index < -0.39 is 10.0 Å². The first-order valence-corrected chi connectivity index (χ1v) is 13.5. The smallest absolute Gasteiger partial charge is 0.262 e. The molecule has 1 heterocycles. The van der Waals surface area contributed by atoms with E-state index in [1.165, 1.54) is 30.5 Å². The number of nitrogens with one attached hydrogen (secondary N) is 2. The molecule has 0 saturated heterocycles. The van der Waals surface area contributed by atoms with E-state index >= 15 is 0 Å². The Morgan fingerprint density at radius 3 is 2.35 bits per heavy atom. The fourth-order valence-electron chi connectivity index (χ4n) is 3.38. The summed E-state index contributed by atoms with van der Waals surface area (Å²) in [4.78, 5) is 17.1.